The van der Waals surface area contributed by atoms with Gasteiger partial charge in [0.25, 0.3) is 0 Å². The van der Waals surface area contributed by atoms with Gasteiger partial charge in [0.05, 0.1) is 25.7 Å². The van der Waals surface area contributed by atoms with E-state index in [9.17, 15) is 4.79 Å². The summed E-state index contributed by atoms with van der Waals surface area (Å²) in [6.45, 7) is 3.42. The van der Waals surface area contributed by atoms with Crippen molar-refractivity contribution in [2.45, 2.75) is 26.3 Å². The molecular weight excluding hydrogens is 218 g/mol. The van der Waals surface area contributed by atoms with Gasteiger partial charge in [-0.05, 0) is 25.0 Å². The van der Waals surface area contributed by atoms with Crippen molar-refractivity contribution in [2.75, 3.05) is 13.2 Å². The highest BCUT2D eigenvalue weighted by Crippen LogP contribution is 2.11. The first kappa shape index (κ1) is 13.7. The number of amides is 1. The van der Waals surface area contributed by atoms with E-state index >= 15 is 0 Å². The summed E-state index contributed by atoms with van der Waals surface area (Å²) >= 11 is 0. The van der Waals surface area contributed by atoms with Gasteiger partial charge in [0, 0.05) is 0 Å². The molecule has 3 N–H and O–H groups in total. The Labute approximate surface area is 101 Å². The minimum absolute atomic E-state index is 0.188. The summed E-state index contributed by atoms with van der Waals surface area (Å²) in [5, 5.41) is 20.3. The topological polar surface area (TPSA) is 69.6 Å². The second-order valence-electron chi connectivity index (χ2n) is 4.24. The zero-order chi connectivity index (χ0) is 12.8. The van der Waals surface area contributed by atoms with Gasteiger partial charge < -0.3 is 15.5 Å². The van der Waals surface area contributed by atoms with Crippen molar-refractivity contribution >= 4 is 5.91 Å². The molecule has 0 fully saturated rings. The average Bonchev–Trinajstić information content (AvgIpc) is 2.31. The zero-order valence-corrected chi connectivity index (χ0v) is 10.2. The van der Waals surface area contributed by atoms with Crippen molar-refractivity contribution in [3.63, 3.8) is 0 Å². The van der Waals surface area contributed by atoms with E-state index in [0.717, 1.165) is 16.7 Å². The van der Waals surface area contributed by atoms with Crippen LogP contribution >= 0.6 is 0 Å². The normalized spacial score (nSPS) is 10.6. The van der Waals surface area contributed by atoms with E-state index < -0.39 is 6.04 Å². The van der Waals surface area contributed by atoms with Crippen molar-refractivity contribution in [2.24, 2.45) is 0 Å². The van der Waals surface area contributed by atoms with Crippen LogP contribution in [0.1, 0.15) is 16.7 Å². The minimum atomic E-state index is -0.576. The SMILES string of the molecule is Cc1ccc(C)c(CC(=O)NC(CO)CO)c1. The van der Waals surface area contributed by atoms with Gasteiger partial charge in [-0.3, -0.25) is 4.79 Å². The Morgan fingerprint density at radius 3 is 2.53 bits per heavy atom. The van der Waals surface area contributed by atoms with Crippen LogP contribution in [0.5, 0.6) is 0 Å². The summed E-state index contributed by atoms with van der Waals surface area (Å²) in [6, 6.07) is 5.38. The lowest BCUT2D eigenvalue weighted by Crippen LogP contribution is -2.40. The molecular formula is C13H19NO3. The molecule has 0 radical (unpaired) electrons. The van der Waals surface area contributed by atoms with Gasteiger partial charge in [0.2, 0.25) is 5.91 Å². The van der Waals surface area contributed by atoms with E-state index in [4.69, 9.17) is 10.2 Å². The Morgan fingerprint density at radius 2 is 1.94 bits per heavy atom. The fourth-order valence-electron chi connectivity index (χ4n) is 1.59. The Bertz CT molecular complexity index is 386. The number of hydrogen-bond acceptors (Lipinski definition) is 3. The smallest absolute Gasteiger partial charge is 0.224 e. The fourth-order valence-corrected chi connectivity index (χ4v) is 1.59. The first-order valence-corrected chi connectivity index (χ1v) is 5.64. The number of hydrogen-bond donors (Lipinski definition) is 3. The number of benzene rings is 1. The number of nitrogens with one attached hydrogen (secondary N) is 1. The first-order valence-electron chi connectivity index (χ1n) is 5.64. The summed E-state index contributed by atoms with van der Waals surface area (Å²) in [7, 11) is 0. The molecule has 0 bridgehead atoms. The van der Waals surface area contributed by atoms with Gasteiger partial charge >= 0.3 is 0 Å². The quantitative estimate of drug-likeness (QED) is 0.690. The number of aryl methyl sites for hydroxylation is 2. The molecule has 1 amide bonds. The molecule has 4 heteroatoms. The van der Waals surface area contributed by atoms with Gasteiger partial charge in [-0.1, -0.05) is 23.8 Å². The van der Waals surface area contributed by atoms with Gasteiger partial charge in [-0.2, -0.15) is 0 Å². The van der Waals surface area contributed by atoms with Crippen LogP contribution in [0.4, 0.5) is 0 Å². The van der Waals surface area contributed by atoms with Gasteiger partial charge in [0.1, 0.15) is 0 Å². The van der Waals surface area contributed by atoms with E-state index in [-0.39, 0.29) is 25.5 Å². The number of carbonyl (C=O) groups is 1. The van der Waals surface area contributed by atoms with Crippen molar-refractivity contribution in [1.29, 1.82) is 0 Å². The van der Waals surface area contributed by atoms with E-state index in [1.54, 1.807) is 0 Å². The molecule has 0 atom stereocenters. The van der Waals surface area contributed by atoms with Crippen LogP contribution in [0.2, 0.25) is 0 Å². The molecule has 4 nitrogen and oxygen atoms in total. The van der Waals surface area contributed by atoms with Crippen LogP contribution in [0.25, 0.3) is 0 Å². The molecule has 0 aliphatic carbocycles. The summed E-state index contributed by atoms with van der Waals surface area (Å²) in [6.07, 6.45) is 0.268. The van der Waals surface area contributed by atoms with Crippen molar-refractivity contribution in [3.05, 3.63) is 34.9 Å². The predicted octanol–water partition coefficient (Wildman–Crippen LogP) is 0.315. The molecule has 0 saturated carbocycles. The molecule has 0 saturated heterocycles. The van der Waals surface area contributed by atoms with Crippen LogP contribution in [-0.4, -0.2) is 35.4 Å². The Hall–Kier alpha value is -1.39. The summed E-state index contributed by atoms with van der Waals surface area (Å²) in [4.78, 5) is 11.7. The largest absolute Gasteiger partial charge is 0.394 e. The maximum Gasteiger partial charge on any atom is 0.224 e. The molecule has 17 heavy (non-hydrogen) atoms. The second-order valence-corrected chi connectivity index (χ2v) is 4.24. The Kier molecular flexibility index (Phi) is 5.12. The van der Waals surface area contributed by atoms with Crippen molar-refractivity contribution in [3.8, 4) is 0 Å². The van der Waals surface area contributed by atoms with Crippen LogP contribution in [0.15, 0.2) is 18.2 Å². The number of aliphatic hydroxyl groups excluding tert-OH is 2. The maximum absolute atomic E-state index is 11.7. The van der Waals surface area contributed by atoms with Crippen LogP contribution in [0, 0.1) is 13.8 Å². The molecule has 94 valence electrons. The molecule has 0 spiro atoms. The van der Waals surface area contributed by atoms with Crippen molar-refractivity contribution < 1.29 is 15.0 Å². The highest BCUT2D eigenvalue weighted by Gasteiger charge is 2.11. The number of aliphatic hydroxyl groups is 2. The van der Waals surface area contributed by atoms with Crippen LogP contribution < -0.4 is 5.32 Å². The number of carbonyl (C=O) groups excluding carboxylic acids is 1. The summed E-state index contributed by atoms with van der Waals surface area (Å²) in [5.41, 5.74) is 3.15. The summed E-state index contributed by atoms with van der Waals surface area (Å²) < 4.78 is 0. The minimum Gasteiger partial charge on any atom is -0.394 e. The number of rotatable bonds is 5. The molecule has 1 rings (SSSR count). The van der Waals surface area contributed by atoms with E-state index in [2.05, 4.69) is 5.32 Å². The third-order valence-electron chi connectivity index (χ3n) is 2.66. The van der Waals surface area contributed by atoms with E-state index in [1.807, 2.05) is 32.0 Å². The zero-order valence-electron chi connectivity index (χ0n) is 10.2. The molecule has 1 aromatic carbocycles. The highest BCUT2D eigenvalue weighted by molar-refractivity contribution is 5.79. The van der Waals surface area contributed by atoms with E-state index in [1.165, 1.54) is 0 Å². The lowest BCUT2D eigenvalue weighted by molar-refractivity contribution is -0.121. The Morgan fingerprint density at radius 1 is 1.29 bits per heavy atom. The lowest BCUT2D eigenvalue weighted by atomic mass is 10.0. The van der Waals surface area contributed by atoms with E-state index in [0.29, 0.717) is 0 Å². The van der Waals surface area contributed by atoms with Gasteiger partial charge in [0.15, 0.2) is 0 Å². The molecule has 0 aromatic heterocycles. The van der Waals surface area contributed by atoms with Crippen molar-refractivity contribution in [1.82, 2.24) is 5.32 Å². The molecule has 0 aliphatic heterocycles. The average molecular weight is 237 g/mol. The third-order valence-corrected chi connectivity index (χ3v) is 2.66. The molecule has 0 unspecified atom stereocenters. The Balaban J connectivity index is 2.64. The highest BCUT2D eigenvalue weighted by atomic mass is 16.3. The fraction of sp³-hybridized carbons (Fsp3) is 0.462. The third kappa shape index (κ3) is 4.17. The molecule has 0 heterocycles. The van der Waals surface area contributed by atoms with Gasteiger partial charge in [-0.15, -0.1) is 0 Å². The predicted molar refractivity (Wildman–Crippen MR) is 65.7 cm³/mol. The monoisotopic (exact) mass is 237 g/mol. The lowest BCUT2D eigenvalue weighted by Gasteiger charge is -2.14. The van der Waals surface area contributed by atoms with Crippen LogP contribution in [-0.2, 0) is 11.2 Å². The standard InChI is InChI=1S/C13H19NO3/c1-9-3-4-10(2)11(5-9)6-13(17)14-12(7-15)8-16/h3-5,12,15-16H,6-8H2,1-2H3,(H,14,17). The molecule has 0 aliphatic rings. The van der Waals surface area contributed by atoms with Crippen LogP contribution in [0.3, 0.4) is 0 Å². The summed E-state index contributed by atoms with van der Waals surface area (Å²) in [5.74, 6) is -0.188. The first-order chi connectivity index (χ1) is 8.06. The van der Waals surface area contributed by atoms with Gasteiger partial charge in [-0.25, -0.2) is 0 Å². The second kappa shape index (κ2) is 6.37. The molecule has 1 aromatic rings. The maximum atomic E-state index is 11.7.